The summed E-state index contributed by atoms with van der Waals surface area (Å²) < 4.78 is 6.96. The number of para-hydroxylation sites is 2. The van der Waals surface area contributed by atoms with Gasteiger partial charge >= 0.3 is 0 Å². The van der Waals surface area contributed by atoms with Crippen molar-refractivity contribution in [1.29, 1.82) is 0 Å². The molecule has 0 fully saturated rings. The van der Waals surface area contributed by atoms with Crippen LogP contribution in [0.2, 0.25) is 0 Å². The molecule has 0 aliphatic carbocycles. The van der Waals surface area contributed by atoms with Gasteiger partial charge in [-0.1, -0.05) is 30.3 Å². The Balaban J connectivity index is 2.09. The van der Waals surface area contributed by atoms with Crippen LogP contribution in [0.25, 0.3) is 11.3 Å². The summed E-state index contributed by atoms with van der Waals surface area (Å²) in [6.45, 7) is 0. The van der Waals surface area contributed by atoms with E-state index in [9.17, 15) is 9.90 Å². The van der Waals surface area contributed by atoms with Crippen molar-refractivity contribution >= 4 is 0 Å². The molecule has 0 aliphatic rings. The molecule has 5 nitrogen and oxygen atoms in total. The van der Waals surface area contributed by atoms with Gasteiger partial charge in [0.25, 0.3) is 5.56 Å². The van der Waals surface area contributed by atoms with Crippen LogP contribution in [0.4, 0.5) is 0 Å². The number of benzene rings is 2. The van der Waals surface area contributed by atoms with E-state index in [0.717, 1.165) is 10.7 Å². The zero-order valence-electron chi connectivity index (χ0n) is 11.9. The minimum absolute atomic E-state index is 0.189. The Bertz CT molecular complexity index is 857. The number of rotatable bonds is 3. The fraction of sp³-hybridized carbons (Fsp3) is 0.0588. The van der Waals surface area contributed by atoms with E-state index in [0.29, 0.717) is 17.1 Å². The van der Waals surface area contributed by atoms with Crippen LogP contribution in [0.3, 0.4) is 0 Å². The first-order valence-corrected chi connectivity index (χ1v) is 6.73. The molecule has 2 aromatic carbocycles. The van der Waals surface area contributed by atoms with Crippen LogP contribution in [0.1, 0.15) is 0 Å². The van der Waals surface area contributed by atoms with Crippen LogP contribution in [0.15, 0.2) is 65.5 Å². The molecule has 0 atom stereocenters. The lowest BCUT2D eigenvalue weighted by atomic mass is 10.1. The van der Waals surface area contributed by atoms with Crippen LogP contribution in [0.5, 0.6) is 17.2 Å². The Morgan fingerprint density at radius 1 is 1.00 bits per heavy atom. The zero-order valence-corrected chi connectivity index (χ0v) is 11.9. The Kier molecular flexibility index (Phi) is 3.62. The van der Waals surface area contributed by atoms with Crippen molar-refractivity contribution in [3.63, 3.8) is 0 Å². The SMILES string of the molecule is Cn1nc(-c2ccccc2Oc2ccccc2)c([O])cc1=O. The lowest BCUT2D eigenvalue weighted by Gasteiger charge is -2.11. The van der Waals surface area contributed by atoms with Gasteiger partial charge in [0.1, 0.15) is 17.2 Å². The number of hydrogen-bond acceptors (Lipinski definition) is 3. The zero-order chi connectivity index (χ0) is 15.5. The second-order valence-corrected chi connectivity index (χ2v) is 4.73. The van der Waals surface area contributed by atoms with E-state index in [-0.39, 0.29) is 5.69 Å². The van der Waals surface area contributed by atoms with E-state index in [1.165, 1.54) is 7.05 Å². The predicted molar refractivity (Wildman–Crippen MR) is 81.6 cm³/mol. The highest BCUT2D eigenvalue weighted by Crippen LogP contribution is 2.35. The van der Waals surface area contributed by atoms with Gasteiger partial charge in [-0.05, 0) is 24.3 Å². The van der Waals surface area contributed by atoms with Gasteiger partial charge < -0.3 is 4.74 Å². The molecule has 1 heterocycles. The molecular weight excluding hydrogens is 280 g/mol. The van der Waals surface area contributed by atoms with Crippen molar-refractivity contribution in [2.45, 2.75) is 0 Å². The summed E-state index contributed by atoms with van der Waals surface area (Å²) in [5.41, 5.74) is 0.302. The van der Waals surface area contributed by atoms with Crippen molar-refractivity contribution in [3.8, 4) is 28.5 Å². The van der Waals surface area contributed by atoms with Crippen molar-refractivity contribution < 1.29 is 9.84 Å². The third-order valence-corrected chi connectivity index (χ3v) is 3.17. The van der Waals surface area contributed by atoms with Gasteiger partial charge in [-0.2, -0.15) is 5.10 Å². The second-order valence-electron chi connectivity index (χ2n) is 4.73. The summed E-state index contributed by atoms with van der Waals surface area (Å²) in [5, 5.41) is 16.1. The van der Waals surface area contributed by atoms with E-state index in [1.807, 2.05) is 36.4 Å². The summed E-state index contributed by atoms with van der Waals surface area (Å²) in [6, 6.07) is 17.4. The third-order valence-electron chi connectivity index (χ3n) is 3.17. The highest BCUT2D eigenvalue weighted by atomic mass is 16.5. The first-order valence-electron chi connectivity index (χ1n) is 6.73. The van der Waals surface area contributed by atoms with Crippen LogP contribution in [-0.2, 0) is 12.2 Å². The lowest BCUT2D eigenvalue weighted by Crippen LogP contribution is -2.18. The molecule has 0 amide bonds. The molecule has 5 heteroatoms. The van der Waals surface area contributed by atoms with Crippen molar-refractivity contribution in [3.05, 3.63) is 71.0 Å². The van der Waals surface area contributed by atoms with Crippen LogP contribution >= 0.6 is 0 Å². The number of nitrogens with zero attached hydrogens (tertiary/aromatic N) is 2. The van der Waals surface area contributed by atoms with E-state index in [4.69, 9.17) is 4.74 Å². The van der Waals surface area contributed by atoms with E-state index in [2.05, 4.69) is 5.10 Å². The van der Waals surface area contributed by atoms with Crippen LogP contribution in [-0.4, -0.2) is 9.78 Å². The number of hydrogen-bond donors (Lipinski definition) is 0. The third kappa shape index (κ3) is 2.69. The minimum atomic E-state index is -0.435. The van der Waals surface area contributed by atoms with Gasteiger partial charge in [-0.3, -0.25) is 9.90 Å². The van der Waals surface area contributed by atoms with Crippen molar-refractivity contribution in [2.75, 3.05) is 0 Å². The average Bonchev–Trinajstić information content (AvgIpc) is 2.53. The highest BCUT2D eigenvalue weighted by Gasteiger charge is 2.15. The number of ether oxygens (including phenoxy) is 1. The summed E-state index contributed by atoms with van der Waals surface area (Å²) >= 11 is 0. The molecule has 0 bridgehead atoms. The quantitative estimate of drug-likeness (QED) is 0.743. The number of aromatic nitrogens is 2. The smallest absolute Gasteiger partial charge is 0.270 e. The molecule has 0 aliphatic heterocycles. The van der Waals surface area contributed by atoms with Gasteiger partial charge in [0.15, 0.2) is 0 Å². The molecule has 22 heavy (non-hydrogen) atoms. The van der Waals surface area contributed by atoms with Crippen LogP contribution < -0.4 is 10.3 Å². The Morgan fingerprint density at radius 3 is 2.45 bits per heavy atom. The largest absolute Gasteiger partial charge is 0.457 e. The molecule has 3 rings (SSSR count). The monoisotopic (exact) mass is 293 g/mol. The van der Waals surface area contributed by atoms with Crippen LogP contribution in [0, 0.1) is 0 Å². The summed E-state index contributed by atoms with van der Waals surface area (Å²) in [5.74, 6) is 0.747. The lowest BCUT2D eigenvalue weighted by molar-refractivity contribution is 0.351. The normalized spacial score (nSPS) is 10.4. The predicted octanol–water partition coefficient (Wildman–Crippen LogP) is 3.38. The number of aryl methyl sites for hydroxylation is 1. The first kappa shape index (κ1) is 13.9. The molecule has 1 radical (unpaired) electrons. The van der Waals surface area contributed by atoms with Gasteiger partial charge in [0.05, 0.1) is 6.07 Å². The molecule has 0 spiro atoms. The Labute approximate surface area is 127 Å². The highest BCUT2D eigenvalue weighted by molar-refractivity contribution is 5.71. The Morgan fingerprint density at radius 2 is 1.68 bits per heavy atom. The maximum Gasteiger partial charge on any atom is 0.270 e. The first-order chi connectivity index (χ1) is 10.6. The maximum absolute atomic E-state index is 12.1. The fourth-order valence-corrected chi connectivity index (χ4v) is 2.08. The van der Waals surface area contributed by atoms with Gasteiger partial charge in [0.2, 0.25) is 5.75 Å². The van der Waals surface area contributed by atoms with E-state index < -0.39 is 11.3 Å². The van der Waals surface area contributed by atoms with Gasteiger partial charge in [0, 0.05) is 12.6 Å². The average molecular weight is 293 g/mol. The molecule has 0 N–H and O–H groups in total. The molecule has 109 valence electrons. The van der Waals surface area contributed by atoms with E-state index in [1.54, 1.807) is 18.2 Å². The molecule has 0 saturated heterocycles. The molecular formula is C17H13N2O3. The van der Waals surface area contributed by atoms with E-state index >= 15 is 0 Å². The Hall–Kier alpha value is -3.08. The summed E-state index contributed by atoms with van der Waals surface area (Å²) in [6.07, 6.45) is 0. The van der Waals surface area contributed by atoms with Gasteiger partial charge in [-0.15, -0.1) is 0 Å². The second kappa shape index (κ2) is 5.73. The topological polar surface area (TPSA) is 64.0 Å². The molecule has 3 aromatic rings. The summed E-state index contributed by atoms with van der Waals surface area (Å²) in [4.78, 5) is 11.5. The van der Waals surface area contributed by atoms with Crippen molar-refractivity contribution in [2.24, 2.45) is 7.05 Å². The summed E-state index contributed by atoms with van der Waals surface area (Å²) in [7, 11) is 1.51. The maximum atomic E-state index is 12.1. The van der Waals surface area contributed by atoms with Crippen molar-refractivity contribution in [1.82, 2.24) is 9.78 Å². The fourth-order valence-electron chi connectivity index (χ4n) is 2.08. The molecule has 0 saturated carbocycles. The molecule has 0 unspecified atom stereocenters. The standard InChI is InChI=1S/C17H13N2O3/c1-19-16(21)11-14(20)17(18-19)13-9-5-6-10-15(13)22-12-7-3-2-4-8-12/h2-11H,1H3. The minimum Gasteiger partial charge on any atom is -0.457 e. The van der Waals surface area contributed by atoms with Gasteiger partial charge in [-0.25, -0.2) is 4.68 Å². The molecule has 1 aromatic heterocycles.